The number of aliphatic hydroxyl groups is 1. The summed E-state index contributed by atoms with van der Waals surface area (Å²) < 4.78 is 4.22. The molecule has 0 aliphatic carbocycles. The second-order valence-electron chi connectivity index (χ2n) is 1.49. The number of methoxy groups -OCH3 is 1. The van der Waals surface area contributed by atoms with Gasteiger partial charge in [0.1, 0.15) is 0 Å². The first-order chi connectivity index (χ1) is 4.22. The Morgan fingerprint density at radius 1 is 1.78 bits per heavy atom. The molecule has 0 amide bonds. The minimum atomic E-state index is -1.11. The normalized spacial score (nSPS) is 13.7. The van der Waals surface area contributed by atoms with Crippen LogP contribution in [0.4, 0.5) is 0 Å². The molecular formula is C6H10O3. The zero-order chi connectivity index (χ0) is 7.28. The summed E-state index contributed by atoms with van der Waals surface area (Å²) in [5, 5.41) is 8.76. The van der Waals surface area contributed by atoms with E-state index in [1.165, 1.54) is 13.2 Å². The van der Waals surface area contributed by atoms with E-state index in [-0.39, 0.29) is 0 Å². The first-order valence-corrected chi connectivity index (χ1v) is 2.61. The van der Waals surface area contributed by atoms with Crippen molar-refractivity contribution in [2.45, 2.75) is 13.0 Å². The van der Waals surface area contributed by atoms with E-state index in [9.17, 15) is 4.79 Å². The van der Waals surface area contributed by atoms with Gasteiger partial charge in [-0.25, -0.2) is 4.79 Å². The highest BCUT2D eigenvalue weighted by atomic mass is 16.5. The Morgan fingerprint density at radius 3 is 2.67 bits per heavy atom. The van der Waals surface area contributed by atoms with Gasteiger partial charge in [-0.1, -0.05) is 6.08 Å². The van der Waals surface area contributed by atoms with E-state index < -0.39 is 12.1 Å². The first kappa shape index (κ1) is 8.17. The van der Waals surface area contributed by atoms with Gasteiger partial charge in [-0.2, -0.15) is 0 Å². The maximum Gasteiger partial charge on any atom is 0.338 e. The number of carbonyl (C=O) groups excluding carboxylic acids is 1. The molecule has 1 N–H and O–H groups in total. The highest BCUT2D eigenvalue weighted by molar-refractivity contribution is 5.76. The van der Waals surface area contributed by atoms with Gasteiger partial charge in [-0.15, -0.1) is 0 Å². The van der Waals surface area contributed by atoms with E-state index in [1.54, 1.807) is 13.0 Å². The molecule has 3 nitrogen and oxygen atoms in total. The van der Waals surface area contributed by atoms with Crippen molar-refractivity contribution < 1.29 is 14.6 Å². The molecule has 0 aromatic rings. The standard InChI is InChI=1S/C6H10O3/c1-3-4-5(7)6(8)9-2/h3-5,7H,1-2H3/b4-3+/t5-/m0/s1. The van der Waals surface area contributed by atoms with Crippen LogP contribution in [0.5, 0.6) is 0 Å². The van der Waals surface area contributed by atoms with Gasteiger partial charge in [-0.3, -0.25) is 0 Å². The van der Waals surface area contributed by atoms with Crippen LogP contribution in [0.15, 0.2) is 12.2 Å². The quantitative estimate of drug-likeness (QED) is 0.426. The molecule has 0 radical (unpaired) electrons. The fraction of sp³-hybridized carbons (Fsp3) is 0.500. The van der Waals surface area contributed by atoms with E-state index >= 15 is 0 Å². The van der Waals surface area contributed by atoms with Crippen molar-refractivity contribution in [1.82, 2.24) is 0 Å². The maximum atomic E-state index is 10.4. The van der Waals surface area contributed by atoms with Gasteiger partial charge in [0, 0.05) is 0 Å². The highest BCUT2D eigenvalue weighted by Gasteiger charge is 2.08. The lowest BCUT2D eigenvalue weighted by Crippen LogP contribution is -2.18. The SMILES string of the molecule is C/C=C/[C@H](O)C(=O)OC. The number of carbonyl (C=O) groups is 1. The zero-order valence-corrected chi connectivity index (χ0v) is 5.50. The van der Waals surface area contributed by atoms with Crippen LogP contribution >= 0.6 is 0 Å². The summed E-state index contributed by atoms with van der Waals surface area (Å²) in [6, 6.07) is 0. The molecular weight excluding hydrogens is 120 g/mol. The number of ether oxygens (including phenoxy) is 1. The van der Waals surface area contributed by atoms with Crippen LogP contribution in [0.1, 0.15) is 6.92 Å². The van der Waals surface area contributed by atoms with Crippen LogP contribution in [0.25, 0.3) is 0 Å². The molecule has 9 heavy (non-hydrogen) atoms. The zero-order valence-electron chi connectivity index (χ0n) is 5.50. The Bertz CT molecular complexity index is 117. The topological polar surface area (TPSA) is 46.5 Å². The van der Waals surface area contributed by atoms with Crippen molar-refractivity contribution in [2.24, 2.45) is 0 Å². The average molecular weight is 130 g/mol. The van der Waals surface area contributed by atoms with E-state index in [1.807, 2.05) is 0 Å². The fourth-order valence-corrected chi connectivity index (χ4v) is 0.382. The fourth-order valence-electron chi connectivity index (χ4n) is 0.382. The Labute approximate surface area is 53.9 Å². The van der Waals surface area contributed by atoms with Crippen LogP contribution in [0.3, 0.4) is 0 Å². The number of esters is 1. The number of aliphatic hydroxyl groups excluding tert-OH is 1. The number of allylic oxidation sites excluding steroid dienone is 1. The molecule has 0 aliphatic rings. The van der Waals surface area contributed by atoms with Gasteiger partial charge < -0.3 is 9.84 Å². The molecule has 52 valence electrons. The number of rotatable bonds is 2. The molecule has 0 unspecified atom stereocenters. The monoisotopic (exact) mass is 130 g/mol. The molecule has 1 atom stereocenters. The molecule has 0 saturated heterocycles. The summed E-state index contributed by atoms with van der Waals surface area (Å²) in [5.74, 6) is -0.631. The molecule has 0 aromatic heterocycles. The van der Waals surface area contributed by atoms with Gasteiger partial charge in [0.05, 0.1) is 7.11 Å². The lowest BCUT2D eigenvalue weighted by molar-refractivity contribution is -0.147. The first-order valence-electron chi connectivity index (χ1n) is 2.61. The number of hydrogen-bond acceptors (Lipinski definition) is 3. The van der Waals surface area contributed by atoms with Gasteiger partial charge in [-0.05, 0) is 13.0 Å². The van der Waals surface area contributed by atoms with Crippen LogP contribution in [0, 0.1) is 0 Å². The summed E-state index contributed by atoms with van der Waals surface area (Å²) in [4.78, 5) is 10.4. The minimum Gasteiger partial charge on any atom is -0.467 e. The summed E-state index contributed by atoms with van der Waals surface area (Å²) in [6.07, 6.45) is 1.83. The Morgan fingerprint density at radius 2 is 2.33 bits per heavy atom. The summed E-state index contributed by atoms with van der Waals surface area (Å²) in [5.41, 5.74) is 0. The maximum absolute atomic E-state index is 10.4. The van der Waals surface area contributed by atoms with Crippen molar-refractivity contribution >= 4 is 5.97 Å². The number of hydrogen-bond donors (Lipinski definition) is 1. The molecule has 0 bridgehead atoms. The van der Waals surface area contributed by atoms with Gasteiger partial charge in [0.25, 0.3) is 0 Å². The van der Waals surface area contributed by atoms with E-state index in [2.05, 4.69) is 4.74 Å². The van der Waals surface area contributed by atoms with Gasteiger partial charge >= 0.3 is 5.97 Å². The second-order valence-corrected chi connectivity index (χ2v) is 1.49. The molecule has 0 fully saturated rings. The van der Waals surface area contributed by atoms with E-state index in [4.69, 9.17) is 5.11 Å². The van der Waals surface area contributed by atoms with Crippen LogP contribution in [0.2, 0.25) is 0 Å². The van der Waals surface area contributed by atoms with Crippen molar-refractivity contribution in [3.05, 3.63) is 12.2 Å². The summed E-state index contributed by atoms with van der Waals surface area (Å²) >= 11 is 0. The Hall–Kier alpha value is -0.830. The molecule has 0 aromatic carbocycles. The second kappa shape index (κ2) is 4.09. The smallest absolute Gasteiger partial charge is 0.338 e. The van der Waals surface area contributed by atoms with Crippen LogP contribution < -0.4 is 0 Å². The Balaban J connectivity index is 3.72. The molecule has 0 saturated carbocycles. The van der Waals surface area contributed by atoms with Crippen molar-refractivity contribution in [2.75, 3.05) is 7.11 Å². The largest absolute Gasteiger partial charge is 0.467 e. The van der Waals surface area contributed by atoms with Crippen LogP contribution in [-0.2, 0) is 9.53 Å². The third-order valence-electron chi connectivity index (χ3n) is 0.817. The summed E-state index contributed by atoms with van der Waals surface area (Å²) in [6.45, 7) is 1.71. The third kappa shape index (κ3) is 2.87. The van der Waals surface area contributed by atoms with Crippen molar-refractivity contribution in [1.29, 1.82) is 0 Å². The minimum absolute atomic E-state index is 0.631. The average Bonchev–Trinajstić information content (AvgIpc) is 1.87. The van der Waals surface area contributed by atoms with Crippen molar-refractivity contribution in [3.63, 3.8) is 0 Å². The molecule has 0 aliphatic heterocycles. The van der Waals surface area contributed by atoms with Crippen LogP contribution in [-0.4, -0.2) is 24.3 Å². The van der Waals surface area contributed by atoms with Gasteiger partial charge in [0.2, 0.25) is 0 Å². The Kier molecular flexibility index (Phi) is 3.71. The molecule has 0 spiro atoms. The predicted molar refractivity (Wildman–Crippen MR) is 32.8 cm³/mol. The lowest BCUT2D eigenvalue weighted by Gasteiger charge is -1.99. The summed E-state index contributed by atoms with van der Waals surface area (Å²) in [7, 11) is 1.23. The predicted octanol–water partition coefficient (Wildman–Crippen LogP) is 0.0964. The van der Waals surface area contributed by atoms with Gasteiger partial charge in [0.15, 0.2) is 6.10 Å². The molecule has 3 heteroatoms. The molecule has 0 rings (SSSR count). The lowest BCUT2D eigenvalue weighted by atomic mass is 10.3. The third-order valence-corrected chi connectivity index (χ3v) is 0.817. The molecule has 0 heterocycles. The van der Waals surface area contributed by atoms with E-state index in [0.717, 1.165) is 0 Å². The van der Waals surface area contributed by atoms with E-state index in [0.29, 0.717) is 0 Å². The highest BCUT2D eigenvalue weighted by Crippen LogP contribution is 1.87. The van der Waals surface area contributed by atoms with Crippen molar-refractivity contribution in [3.8, 4) is 0 Å².